The molecule has 0 radical (unpaired) electrons. The fraction of sp³-hybridized carbons (Fsp3) is 0.429. The van der Waals surface area contributed by atoms with Crippen LogP contribution >= 0.6 is 0 Å². The maximum absolute atomic E-state index is 5.19. The summed E-state index contributed by atoms with van der Waals surface area (Å²) >= 11 is 0. The van der Waals surface area contributed by atoms with Crippen LogP contribution in [0.3, 0.4) is 0 Å². The fourth-order valence-electron chi connectivity index (χ4n) is 2.70. The van der Waals surface area contributed by atoms with Gasteiger partial charge in [0.05, 0.1) is 0 Å². The number of nitrogens with zero attached hydrogens (tertiary/aromatic N) is 3. The summed E-state index contributed by atoms with van der Waals surface area (Å²) < 4.78 is 1.75. The molecule has 2 aromatic rings. The van der Waals surface area contributed by atoms with Crippen molar-refractivity contribution in [3.8, 4) is 0 Å². The largest absolute Gasteiger partial charge is 0.251 e. The molecule has 1 aliphatic heterocycles. The summed E-state index contributed by atoms with van der Waals surface area (Å²) in [6.07, 6.45) is 0.983. The zero-order valence-electron chi connectivity index (χ0n) is 11.5. The smallest absolute Gasteiger partial charge is 0.175 e. The lowest BCUT2D eigenvalue weighted by atomic mass is 9.89. The molecule has 2 heterocycles. The molecule has 5 nitrogen and oxygen atoms in total. The summed E-state index contributed by atoms with van der Waals surface area (Å²) in [6, 6.07) is 6.56. The van der Waals surface area contributed by atoms with Gasteiger partial charge in [0.2, 0.25) is 0 Å². The van der Waals surface area contributed by atoms with E-state index in [-0.39, 0.29) is 5.92 Å². The maximum atomic E-state index is 5.19. The molecule has 0 saturated carbocycles. The highest BCUT2D eigenvalue weighted by Gasteiger charge is 2.26. The zero-order valence-corrected chi connectivity index (χ0v) is 11.5. The first-order valence-corrected chi connectivity index (χ1v) is 6.59. The Labute approximate surface area is 112 Å². The second kappa shape index (κ2) is 4.66. The lowest BCUT2D eigenvalue weighted by Gasteiger charge is -2.16. The predicted octanol–water partition coefficient (Wildman–Crippen LogP) is 2.75. The molecule has 5 heteroatoms. The maximum Gasteiger partial charge on any atom is 0.175 e. The number of hydrogen-bond acceptors (Lipinski definition) is 4. The van der Waals surface area contributed by atoms with Gasteiger partial charge in [0.15, 0.2) is 12.5 Å². The van der Waals surface area contributed by atoms with Crippen molar-refractivity contribution in [1.82, 2.24) is 15.0 Å². The quantitative estimate of drug-likeness (QED) is 0.919. The normalized spacial score (nSPS) is 15.1. The van der Waals surface area contributed by atoms with Gasteiger partial charge in [0.1, 0.15) is 5.69 Å². The molecule has 3 rings (SSSR count). The molecule has 0 aliphatic carbocycles. The number of anilines is 1. The third kappa shape index (κ3) is 2.00. The number of nitrogens with one attached hydrogen (secondary N) is 1. The van der Waals surface area contributed by atoms with Crippen LogP contribution in [0.2, 0.25) is 0 Å². The second-order valence-corrected chi connectivity index (χ2v) is 5.02. The van der Waals surface area contributed by atoms with Gasteiger partial charge in [0.25, 0.3) is 0 Å². The Morgan fingerprint density at radius 2 is 2.26 bits per heavy atom. The van der Waals surface area contributed by atoms with Crippen molar-refractivity contribution in [3.05, 3.63) is 40.6 Å². The van der Waals surface area contributed by atoms with Crippen molar-refractivity contribution < 1.29 is 4.84 Å². The molecule has 0 amide bonds. The van der Waals surface area contributed by atoms with Crippen LogP contribution in [-0.2, 0) is 11.6 Å². The molecule has 1 unspecified atom stereocenters. The van der Waals surface area contributed by atoms with Crippen LogP contribution in [0.4, 0.5) is 5.82 Å². The number of fused-ring (bicyclic) bond motifs is 1. The summed E-state index contributed by atoms with van der Waals surface area (Å²) in [4.78, 5) is 5.19. The summed E-state index contributed by atoms with van der Waals surface area (Å²) in [6.45, 7) is 6.86. The van der Waals surface area contributed by atoms with Crippen molar-refractivity contribution >= 4 is 5.82 Å². The minimum Gasteiger partial charge on any atom is -0.251 e. The number of aromatic nitrogens is 3. The van der Waals surface area contributed by atoms with Crippen LogP contribution in [0.5, 0.6) is 0 Å². The van der Waals surface area contributed by atoms with Crippen molar-refractivity contribution in [2.24, 2.45) is 0 Å². The van der Waals surface area contributed by atoms with E-state index in [9.17, 15) is 0 Å². The number of hydrogen-bond donors (Lipinski definition) is 1. The van der Waals surface area contributed by atoms with Crippen molar-refractivity contribution in [3.63, 3.8) is 0 Å². The number of benzene rings is 1. The van der Waals surface area contributed by atoms with Crippen LogP contribution in [-0.4, -0.2) is 15.0 Å². The molecule has 1 N–H and O–H groups in total. The van der Waals surface area contributed by atoms with E-state index in [4.69, 9.17) is 4.84 Å². The Morgan fingerprint density at radius 1 is 1.42 bits per heavy atom. The molecular weight excluding hydrogens is 240 g/mol. The molecule has 19 heavy (non-hydrogen) atoms. The highest BCUT2D eigenvalue weighted by Crippen LogP contribution is 2.34. The molecule has 1 aliphatic rings. The average molecular weight is 258 g/mol. The zero-order chi connectivity index (χ0) is 13.4. The van der Waals surface area contributed by atoms with Gasteiger partial charge in [-0.25, -0.2) is 5.48 Å². The van der Waals surface area contributed by atoms with Crippen LogP contribution in [0, 0.1) is 13.8 Å². The van der Waals surface area contributed by atoms with E-state index in [2.05, 4.69) is 54.8 Å². The monoisotopic (exact) mass is 258 g/mol. The van der Waals surface area contributed by atoms with E-state index >= 15 is 0 Å². The van der Waals surface area contributed by atoms with E-state index in [1.165, 1.54) is 16.7 Å². The fourth-order valence-corrected chi connectivity index (χ4v) is 2.70. The Morgan fingerprint density at radius 3 is 3.00 bits per heavy atom. The molecule has 100 valence electrons. The molecule has 0 bridgehead atoms. The topological polar surface area (TPSA) is 52.0 Å². The van der Waals surface area contributed by atoms with Crippen molar-refractivity contribution in [2.75, 3.05) is 5.48 Å². The van der Waals surface area contributed by atoms with Crippen LogP contribution in [0.1, 0.15) is 41.6 Å². The Balaban J connectivity index is 2.04. The van der Waals surface area contributed by atoms with E-state index < -0.39 is 0 Å². The van der Waals surface area contributed by atoms with Gasteiger partial charge in [-0.05, 0) is 31.4 Å². The Bertz CT molecular complexity index is 605. The molecule has 0 spiro atoms. The molecule has 1 aromatic heterocycles. The Hall–Kier alpha value is -1.88. The lowest BCUT2D eigenvalue weighted by Crippen LogP contribution is -2.06. The molecule has 0 fully saturated rings. The van der Waals surface area contributed by atoms with E-state index in [1.54, 1.807) is 4.68 Å². The highest BCUT2D eigenvalue weighted by atomic mass is 16.7. The minimum absolute atomic E-state index is 0.249. The van der Waals surface area contributed by atoms with Gasteiger partial charge < -0.3 is 0 Å². The summed E-state index contributed by atoms with van der Waals surface area (Å²) in [7, 11) is 0. The van der Waals surface area contributed by atoms with Crippen LogP contribution < -0.4 is 5.48 Å². The number of aryl methyl sites for hydroxylation is 2. The summed E-state index contributed by atoms with van der Waals surface area (Å²) in [5.41, 5.74) is 7.76. The van der Waals surface area contributed by atoms with Crippen molar-refractivity contribution in [2.45, 2.75) is 39.8 Å². The average Bonchev–Trinajstić information content (AvgIpc) is 2.96. The van der Waals surface area contributed by atoms with Gasteiger partial charge in [0, 0.05) is 5.92 Å². The summed E-state index contributed by atoms with van der Waals surface area (Å²) in [5, 5.41) is 8.44. The van der Waals surface area contributed by atoms with Gasteiger partial charge in [-0.3, -0.25) is 4.84 Å². The van der Waals surface area contributed by atoms with Crippen LogP contribution in [0.25, 0.3) is 0 Å². The van der Waals surface area contributed by atoms with E-state index in [0.29, 0.717) is 6.73 Å². The van der Waals surface area contributed by atoms with Crippen LogP contribution in [0.15, 0.2) is 18.2 Å². The second-order valence-electron chi connectivity index (χ2n) is 5.02. The minimum atomic E-state index is 0.249. The molecule has 1 aromatic carbocycles. The molecule has 1 atom stereocenters. The first-order valence-electron chi connectivity index (χ1n) is 6.59. The molecule has 0 saturated heterocycles. The van der Waals surface area contributed by atoms with E-state index in [0.717, 1.165) is 17.9 Å². The lowest BCUT2D eigenvalue weighted by molar-refractivity contribution is 0.154. The summed E-state index contributed by atoms with van der Waals surface area (Å²) in [5.74, 6) is 1.13. The first-order chi connectivity index (χ1) is 9.20. The third-order valence-electron chi connectivity index (χ3n) is 3.66. The molecular formula is C14H18N4O. The SMILES string of the molecule is CCC(c1ccc(C)cc1C)c1nnn2c1NOC2. The third-order valence-corrected chi connectivity index (χ3v) is 3.66. The van der Waals surface area contributed by atoms with Gasteiger partial charge in [-0.1, -0.05) is 35.9 Å². The first kappa shape index (κ1) is 12.2. The standard InChI is InChI=1S/C14H18N4O/c1-4-11(12-6-5-9(2)7-10(12)3)13-14-16-19-8-18(14)17-15-13/h5-7,11,16H,4,8H2,1-3H3. The highest BCUT2D eigenvalue weighted by molar-refractivity contribution is 5.47. The predicted molar refractivity (Wildman–Crippen MR) is 72.8 cm³/mol. The van der Waals surface area contributed by atoms with Crippen molar-refractivity contribution in [1.29, 1.82) is 0 Å². The van der Waals surface area contributed by atoms with Gasteiger partial charge >= 0.3 is 0 Å². The Kier molecular flexibility index (Phi) is 2.98. The van der Waals surface area contributed by atoms with Gasteiger partial charge in [-0.2, -0.15) is 4.68 Å². The van der Waals surface area contributed by atoms with Gasteiger partial charge in [-0.15, -0.1) is 5.10 Å². The number of rotatable bonds is 3. The van der Waals surface area contributed by atoms with E-state index in [1.807, 2.05) is 0 Å².